The summed E-state index contributed by atoms with van der Waals surface area (Å²) in [5.74, 6) is 0.395. The first-order chi connectivity index (χ1) is 12.5. The van der Waals surface area contributed by atoms with Crippen LogP contribution in [0.3, 0.4) is 0 Å². The van der Waals surface area contributed by atoms with Crippen molar-refractivity contribution in [3.63, 3.8) is 0 Å². The Labute approximate surface area is 152 Å². The quantitative estimate of drug-likeness (QED) is 0.601. The Hall–Kier alpha value is -3.32. The Bertz CT molecular complexity index is 1010. The van der Waals surface area contributed by atoms with E-state index in [4.69, 9.17) is 4.74 Å². The summed E-state index contributed by atoms with van der Waals surface area (Å²) in [5.41, 5.74) is 4.52. The van der Waals surface area contributed by atoms with Gasteiger partial charge in [0.1, 0.15) is 11.6 Å². The third-order valence-corrected chi connectivity index (χ3v) is 4.39. The second-order valence-corrected chi connectivity index (χ2v) is 6.01. The van der Waals surface area contributed by atoms with Crippen molar-refractivity contribution in [2.75, 3.05) is 7.11 Å². The molecule has 3 rings (SSSR count). The molecule has 130 valence electrons. The van der Waals surface area contributed by atoms with Crippen molar-refractivity contribution < 1.29 is 9.13 Å². The number of ether oxygens (including phenoxy) is 1. The number of allylic oxidation sites excluding steroid dienone is 1. The highest BCUT2D eigenvalue weighted by molar-refractivity contribution is 5.90. The van der Waals surface area contributed by atoms with Gasteiger partial charge in [0.2, 0.25) is 0 Å². The van der Waals surface area contributed by atoms with E-state index < -0.39 is 5.82 Å². The van der Waals surface area contributed by atoms with Gasteiger partial charge in [0.05, 0.1) is 18.8 Å². The van der Waals surface area contributed by atoms with Gasteiger partial charge in [-0.1, -0.05) is 18.2 Å². The second-order valence-electron chi connectivity index (χ2n) is 6.01. The summed E-state index contributed by atoms with van der Waals surface area (Å²) < 4.78 is 21.3. The number of rotatable bonds is 4. The van der Waals surface area contributed by atoms with Crippen LogP contribution in [0.25, 0.3) is 17.3 Å². The fraction of sp³-hybridized carbons (Fsp3) is 0.136. The Kier molecular flexibility index (Phi) is 4.90. The zero-order valence-electron chi connectivity index (χ0n) is 15.0. The molecule has 0 aliphatic carbocycles. The topological polar surface area (TPSA) is 38.0 Å². The molecule has 2 aromatic carbocycles. The first-order valence-corrected chi connectivity index (χ1v) is 8.25. The summed E-state index contributed by atoms with van der Waals surface area (Å²) in [6.07, 6.45) is 1.74. The van der Waals surface area contributed by atoms with Gasteiger partial charge in [-0.05, 0) is 61.9 Å². The van der Waals surface area contributed by atoms with E-state index in [0.29, 0.717) is 11.1 Å². The fourth-order valence-electron chi connectivity index (χ4n) is 3.07. The average Bonchev–Trinajstić information content (AvgIpc) is 2.94. The van der Waals surface area contributed by atoms with Crippen LogP contribution in [0.1, 0.15) is 22.5 Å². The van der Waals surface area contributed by atoms with Crippen LogP contribution in [-0.4, -0.2) is 11.7 Å². The molecular formula is C22H19FN2O. The van der Waals surface area contributed by atoms with E-state index in [-0.39, 0.29) is 0 Å². The minimum absolute atomic E-state index is 0.304. The molecule has 4 heteroatoms. The van der Waals surface area contributed by atoms with Crippen molar-refractivity contribution in [3.05, 3.63) is 82.9 Å². The summed E-state index contributed by atoms with van der Waals surface area (Å²) in [5, 5.41) is 9.50. The van der Waals surface area contributed by atoms with E-state index in [1.165, 1.54) is 6.07 Å². The number of halogens is 1. The van der Waals surface area contributed by atoms with Crippen molar-refractivity contribution in [2.24, 2.45) is 0 Å². The van der Waals surface area contributed by atoms with Crippen LogP contribution in [0.5, 0.6) is 5.75 Å². The molecule has 0 aliphatic heterocycles. The standard InChI is InChI=1S/C22H19FN2O/c1-15-12-17(13-18(14-24)21-6-4-5-7-22(21)23)16(2)25(15)19-8-10-20(26-3)11-9-19/h4-13H,1-3H3. The lowest BCUT2D eigenvalue weighted by Crippen LogP contribution is -1.99. The third-order valence-electron chi connectivity index (χ3n) is 4.39. The summed E-state index contributed by atoms with van der Waals surface area (Å²) in [7, 11) is 1.64. The van der Waals surface area contributed by atoms with E-state index in [9.17, 15) is 9.65 Å². The molecule has 0 amide bonds. The molecule has 3 nitrogen and oxygen atoms in total. The highest BCUT2D eigenvalue weighted by atomic mass is 19.1. The molecule has 0 fully saturated rings. The maximum atomic E-state index is 14.0. The van der Waals surface area contributed by atoms with Gasteiger partial charge in [0.15, 0.2) is 0 Å². The predicted molar refractivity (Wildman–Crippen MR) is 102 cm³/mol. The monoisotopic (exact) mass is 346 g/mol. The lowest BCUT2D eigenvalue weighted by molar-refractivity contribution is 0.414. The molecule has 26 heavy (non-hydrogen) atoms. The van der Waals surface area contributed by atoms with Crippen molar-refractivity contribution >= 4 is 11.6 Å². The summed E-state index contributed by atoms with van der Waals surface area (Å²) in [6.45, 7) is 3.99. The number of nitriles is 1. The minimum Gasteiger partial charge on any atom is -0.497 e. The van der Waals surface area contributed by atoms with Crippen LogP contribution in [-0.2, 0) is 0 Å². The van der Waals surface area contributed by atoms with Gasteiger partial charge in [-0.2, -0.15) is 5.26 Å². The number of hydrogen-bond donors (Lipinski definition) is 0. The van der Waals surface area contributed by atoms with E-state index in [0.717, 1.165) is 28.4 Å². The van der Waals surface area contributed by atoms with Crippen molar-refractivity contribution in [1.29, 1.82) is 5.26 Å². The molecule has 3 aromatic rings. The summed E-state index contributed by atoms with van der Waals surface area (Å²) in [4.78, 5) is 0. The second kappa shape index (κ2) is 7.28. The lowest BCUT2D eigenvalue weighted by atomic mass is 10.0. The number of aromatic nitrogens is 1. The average molecular weight is 346 g/mol. The predicted octanol–water partition coefficient (Wildman–Crippen LogP) is 5.31. The summed E-state index contributed by atoms with van der Waals surface area (Å²) >= 11 is 0. The molecule has 0 unspecified atom stereocenters. The number of nitrogens with zero attached hydrogens (tertiary/aromatic N) is 2. The Morgan fingerprint density at radius 3 is 2.42 bits per heavy atom. The number of benzene rings is 2. The largest absolute Gasteiger partial charge is 0.497 e. The van der Waals surface area contributed by atoms with Crippen molar-refractivity contribution in [3.8, 4) is 17.5 Å². The van der Waals surface area contributed by atoms with Crippen LogP contribution in [0.2, 0.25) is 0 Å². The molecule has 0 saturated heterocycles. The van der Waals surface area contributed by atoms with Gasteiger partial charge in [-0.15, -0.1) is 0 Å². The first-order valence-electron chi connectivity index (χ1n) is 8.25. The van der Waals surface area contributed by atoms with Gasteiger partial charge < -0.3 is 9.30 Å². The van der Waals surface area contributed by atoms with E-state index in [2.05, 4.69) is 10.6 Å². The van der Waals surface area contributed by atoms with Gasteiger partial charge in [-0.3, -0.25) is 0 Å². The van der Waals surface area contributed by atoms with E-state index in [1.807, 2.05) is 44.2 Å². The highest BCUT2D eigenvalue weighted by Gasteiger charge is 2.12. The summed E-state index contributed by atoms with van der Waals surface area (Å²) in [6, 6.07) is 18.2. The molecule has 1 aromatic heterocycles. The Morgan fingerprint density at radius 1 is 1.12 bits per heavy atom. The van der Waals surface area contributed by atoms with Crippen LogP contribution < -0.4 is 4.74 Å². The number of hydrogen-bond acceptors (Lipinski definition) is 2. The fourth-order valence-corrected chi connectivity index (χ4v) is 3.07. The van der Waals surface area contributed by atoms with Crippen molar-refractivity contribution in [1.82, 2.24) is 4.57 Å². The van der Waals surface area contributed by atoms with Crippen molar-refractivity contribution in [2.45, 2.75) is 13.8 Å². The molecule has 0 aliphatic rings. The highest BCUT2D eigenvalue weighted by Crippen LogP contribution is 2.27. The Morgan fingerprint density at radius 2 is 1.81 bits per heavy atom. The van der Waals surface area contributed by atoms with Crippen LogP contribution >= 0.6 is 0 Å². The van der Waals surface area contributed by atoms with Gasteiger partial charge >= 0.3 is 0 Å². The number of methoxy groups -OCH3 is 1. The first kappa shape index (κ1) is 17.5. The molecule has 0 saturated carbocycles. The molecule has 1 heterocycles. The van der Waals surface area contributed by atoms with Crippen LogP contribution in [0.4, 0.5) is 4.39 Å². The molecule has 0 spiro atoms. The molecular weight excluding hydrogens is 327 g/mol. The zero-order chi connectivity index (χ0) is 18.7. The maximum Gasteiger partial charge on any atom is 0.131 e. The SMILES string of the molecule is COc1ccc(-n2c(C)cc(C=C(C#N)c3ccccc3F)c2C)cc1. The molecule has 0 atom stereocenters. The maximum absolute atomic E-state index is 14.0. The van der Waals surface area contributed by atoms with Crippen LogP contribution in [0.15, 0.2) is 54.6 Å². The van der Waals surface area contributed by atoms with Crippen LogP contribution in [0, 0.1) is 31.0 Å². The van der Waals surface area contributed by atoms with E-state index in [1.54, 1.807) is 31.4 Å². The van der Waals surface area contributed by atoms with Gasteiger partial charge in [0.25, 0.3) is 0 Å². The molecule has 0 radical (unpaired) electrons. The number of aryl methyl sites for hydroxylation is 1. The zero-order valence-corrected chi connectivity index (χ0v) is 15.0. The van der Waals surface area contributed by atoms with E-state index >= 15 is 0 Å². The minimum atomic E-state index is -0.399. The third kappa shape index (κ3) is 3.25. The lowest BCUT2D eigenvalue weighted by Gasteiger charge is -2.10. The van der Waals surface area contributed by atoms with Gasteiger partial charge in [0, 0.05) is 22.6 Å². The normalized spacial score (nSPS) is 11.3. The molecule has 0 N–H and O–H groups in total. The molecule has 0 bridgehead atoms. The Balaban J connectivity index is 2.07. The van der Waals surface area contributed by atoms with Gasteiger partial charge in [-0.25, -0.2) is 4.39 Å². The smallest absolute Gasteiger partial charge is 0.131 e.